The van der Waals surface area contributed by atoms with Crippen LogP contribution in [0.2, 0.25) is 0 Å². The predicted octanol–water partition coefficient (Wildman–Crippen LogP) is 0.298. The minimum atomic E-state index is -4.09. The standard InChI is InChI=1S/C15H12N2O8S/c16-26(21,22)14-4-3-12(25-14)15(20)24-6-10(18)8-1-2-11-9(5-8)17-13(19)7-23-11/h1-5H,6-7H2,(H,17,19)(H2,16,21,22). The van der Waals surface area contributed by atoms with Crippen LogP contribution in [-0.4, -0.2) is 39.3 Å². The fraction of sp³-hybridized carbons (Fsp3) is 0.133. The van der Waals surface area contributed by atoms with Crippen LogP contribution < -0.4 is 15.2 Å². The maximum Gasteiger partial charge on any atom is 0.374 e. The number of esters is 1. The molecule has 1 aliphatic rings. The van der Waals surface area contributed by atoms with E-state index >= 15 is 0 Å². The van der Waals surface area contributed by atoms with Gasteiger partial charge in [0.2, 0.25) is 10.9 Å². The number of anilines is 1. The molecule has 136 valence electrons. The minimum Gasteiger partial charge on any atom is -0.482 e. The van der Waals surface area contributed by atoms with Gasteiger partial charge in [-0.3, -0.25) is 9.59 Å². The average Bonchev–Trinajstić information content (AvgIpc) is 3.09. The largest absolute Gasteiger partial charge is 0.482 e. The summed E-state index contributed by atoms with van der Waals surface area (Å²) in [5.41, 5.74) is 0.522. The number of hydrogen-bond donors (Lipinski definition) is 2. The third-order valence-electron chi connectivity index (χ3n) is 3.33. The van der Waals surface area contributed by atoms with Crippen LogP contribution in [0.4, 0.5) is 5.69 Å². The maximum absolute atomic E-state index is 12.1. The van der Waals surface area contributed by atoms with Gasteiger partial charge in [-0.25, -0.2) is 18.4 Å². The number of nitrogens with one attached hydrogen (secondary N) is 1. The molecule has 2 heterocycles. The van der Waals surface area contributed by atoms with E-state index in [1.54, 1.807) is 0 Å². The monoisotopic (exact) mass is 380 g/mol. The van der Waals surface area contributed by atoms with Crippen LogP contribution >= 0.6 is 0 Å². The van der Waals surface area contributed by atoms with E-state index in [0.29, 0.717) is 11.4 Å². The summed E-state index contributed by atoms with van der Waals surface area (Å²) in [5, 5.41) is 6.83. The molecule has 0 fully saturated rings. The van der Waals surface area contributed by atoms with Crippen molar-refractivity contribution < 1.29 is 36.7 Å². The van der Waals surface area contributed by atoms with E-state index in [9.17, 15) is 22.8 Å². The summed E-state index contributed by atoms with van der Waals surface area (Å²) in [5.74, 6) is -1.91. The van der Waals surface area contributed by atoms with E-state index < -0.39 is 39.2 Å². The molecule has 1 amide bonds. The third-order valence-corrected chi connectivity index (χ3v) is 4.11. The van der Waals surface area contributed by atoms with Crippen molar-refractivity contribution in [2.45, 2.75) is 5.09 Å². The van der Waals surface area contributed by atoms with Crippen molar-refractivity contribution in [2.75, 3.05) is 18.5 Å². The molecule has 1 aliphatic heterocycles. The Balaban J connectivity index is 1.65. The lowest BCUT2D eigenvalue weighted by Gasteiger charge is -2.18. The molecule has 0 unspecified atom stereocenters. The predicted molar refractivity (Wildman–Crippen MR) is 85.3 cm³/mol. The molecule has 3 N–H and O–H groups in total. The van der Waals surface area contributed by atoms with Gasteiger partial charge in [0.15, 0.2) is 19.0 Å². The number of benzene rings is 1. The van der Waals surface area contributed by atoms with E-state index in [1.165, 1.54) is 18.2 Å². The molecule has 0 spiro atoms. The van der Waals surface area contributed by atoms with Gasteiger partial charge in [0, 0.05) is 5.56 Å². The Morgan fingerprint density at radius 3 is 2.69 bits per heavy atom. The number of nitrogens with two attached hydrogens (primary N) is 1. The van der Waals surface area contributed by atoms with Crippen molar-refractivity contribution in [3.8, 4) is 5.75 Å². The fourth-order valence-electron chi connectivity index (χ4n) is 2.12. The van der Waals surface area contributed by atoms with Crippen LogP contribution in [-0.2, 0) is 19.6 Å². The van der Waals surface area contributed by atoms with Crippen LogP contribution in [0.3, 0.4) is 0 Å². The topological polar surface area (TPSA) is 155 Å². The summed E-state index contributed by atoms with van der Waals surface area (Å²) >= 11 is 0. The molecule has 0 radical (unpaired) electrons. The number of ketones is 1. The number of fused-ring (bicyclic) bond motifs is 1. The van der Waals surface area contributed by atoms with E-state index in [2.05, 4.69) is 5.32 Å². The average molecular weight is 380 g/mol. The first kappa shape index (κ1) is 17.6. The molecule has 0 saturated carbocycles. The number of primary sulfonamides is 1. The van der Waals surface area contributed by atoms with E-state index in [4.69, 9.17) is 19.0 Å². The van der Waals surface area contributed by atoms with Gasteiger partial charge < -0.3 is 19.2 Å². The molecule has 3 rings (SSSR count). The second-order valence-corrected chi connectivity index (χ2v) is 6.70. The summed E-state index contributed by atoms with van der Waals surface area (Å²) in [4.78, 5) is 35.2. The van der Waals surface area contributed by atoms with Gasteiger partial charge in [-0.05, 0) is 30.3 Å². The Morgan fingerprint density at radius 1 is 1.23 bits per heavy atom. The molecule has 0 saturated heterocycles. The summed E-state index contributed by atoms with van der Waals surface area (Å²) in [6.45, 7) is -0.723. The maximum atomic E-state index is 12.1. The summed E-state index contributed by atoms with van der Waals surface area (Å²) in [7, 11) is -4.09. The Bertz CT molecular complexity index is 1010. The molecule has 11 heteroatoms. The van der Waals surface area contributed by atoms with Gasteiger partial charge in [0.05, 0.1) is 5.69 Å². The van der Waals surface area contributed by atoms with E-state index in [0.717, 1.165) is 12.1 Å². The Labute approximate surface area is 146 Å². The number of amides is 1. The normalized spacial score (nSPS) is 13.3. The molecule has 26 heavy (non-hydrogen) atoms. The quantitative estimate of drug-likeness (QED) is 0.554. The fourth-order valence-corrected chi connectivity index (χ4v) is 2.59. The molecule has 1 aromatic carbocycles. The Morgan fingerprint density at radius 2 is 2.00 bits per heavy atom. The zero-order valence-electron chi connectivity index (χ0n) is 13.1. The molecular formula is C15H12N2O8S. The summed E-state index contributed by atoms with van der Waals surface area (Å²) in [6.07, 6.45) is 0. The highest BCUT2D eigenvalue weighted by atomic mass is 32.2. The van der Waals surface area contributed by atoms with Gasteiger partial charge >= 0.3 is 5.97 Å². The number of carbonyl (C=O) groups is 3. The highest BCUT2D eigenvalue weighted by molar-refractivity contribution is 7.89. The van der Waals surface area contributed by atoms with Crippen molar-refractivity contribution in [1.82, 2.24) is 0 Å². The SMILES string of the molecule is NS(=O)(=O)c1ccc(C(=O)OCC(=O)c2ccc3c(c2)NC(=O)CO3)o1. The van der Waals surface area contributed by atoms with Gasteiger partial charge in [0.1, 0.15) is 5.75 Å². The van der Waals surface area contributed by atoms with Crippen LogP contribution in [0.5, 0.6) is 5.75 Å². The Kier molecular flexibility index (Phi) is 4.49. The summed E-state index contributed by atoms with van der Waals surface area (Å²) < 4.78 is 36.9. The first-order valence-electron chi connectivity index (χ1n) is 7.14. The first-order valence-corrected chi connectivity index (χ1v) is 8.68. The second kappa shape index (κ2) is 6.61. The van der Waals surface area contributed by atoms with Gasteiger partial charge in [-0.2, -0.15) is 0 Å². The lowest BCUT2D eigenvalue weighted by atomic mass is 10.1. The van der Waals surface area contributed by atoms with Crippen molar-refractivity contribution >= 4 is 33.4 Å². The van der Waals surface area contributed by atoms with Crippen molar-refractivity contribution in [3.05, 3.63) is 41.7 Å². The van der Waals surface area contributed by atoms with Crippen LogP contribution in [0.15, 0.2) is 39.8 Å². The zero-order valence-corrected chi connectivity index (χ0v) is 13.9. The Hall–Kier alpha value is -3.18. The number of furan rings is 1. The van der Waals surface area contributed by atoms with Crippen LogP contribution in [0, 0.1) is 0 Å². The molecule has 0 aliphatic carbocycles. The van der Waals surface area contributed by atoms with Crippen molar-refractivity contribution in [1.29, 1.82) is 0 Å². The number of Topliss-reactive ketones (excluding diaryl/α,β-unsaturated/α-hetero) is 1. The summed E-state index contributed by atoms with van der Waals surface area (Å²) in [6, 6.07) is 6.43. The number of ether oxygens (including phenoxy) is 2. The molecular weight excluding hydrogens is 368 g/mol. The van der Waals surface area contributed by atoms with Gasteiger partial charge in [0.25, 0.3) is 15.9 Å². The van der Waals surface area contributed by atoms with Gasteiger partial charge in [-0.15, -0.1) is 0 Å². The number of carbonyl (C=O) groups excluding carboxylic acids is 3. The van der Waals surface area contributed by atoms with Crippen molar-refractivity contribution in [3.63, 3.8) is 0 Å². The zero-order chi connectivity index (χ0) is 18.9. The third kappa shape index (κ3) is 3.73. The molecule has 1 aromatic heterocycles. The van der Waals surface area contributed by atoms with Crippen LogP contribution in [0.25, 0.3) is 0 Å². The van der Waals surface area contributed by atoms with E-state index in [-0.39, 0.29) is 18.1 Å². The number of rotatable bonds is 5. The number of sulfonamides is 1. The lowest BCUT2D eigenvalue weighted by Crippen LogP contribution is -2.25. The lowest BCUT2D eigenvalue weighted by molar-refractivity contribution is -0.118. The molecule has 2 aromatic rings. The number of hydrogen-bond acceptors (Lipinski definition) is 8. The van der Waals surface area contributed by atoms with Crippen LogP contribution in [0.1, 0.15) is 20.9 Å². The molecule has 0 atom stereocenters. The van der Waals surface area contributed by atoms with Gasteiger partial charge in [-0.1, -0.05) is 0 Å². The minimum absolute atomic E-state index is 0.110. The van der Waals surface area contributed by atoms with E-state index in [1.807, 2.05) is 0 Å². The molecule has 10 nitrogen and oxygen atoms in total. The second-order valence-electron chi connectivity index (χ2n) is 5.21. The highest BCUT2D eigenvalue weighted by Crippen LogP contribution is 2.28. The first-order chi connectivity index (χ1) is 12.2. The highest BCUT2D eigenvalue weighted by Gasteiger charge is 2.21. The van der Waals surface area contributed by atoms with Crippen molar-refractivity contribution in [2.24, 2.45) is 5.14 Å². The smallest absolute Gasteiger partial charge is 0.374 e. The molecule has 0 bridgehead atoms.